The Morgan fingerprint density at radius 2 is 2.06 bits per heavy atom. The van der Waals surface area contributed by atoms with Crippen molar-refractivity contribution in [1.82, 2.24) is 34.8 Å². The summed E-state index contributed by atoms with van der Waals surface area (Å²) in [6.07, 6.45) is 3.23. The second kappa shape index (κ2) is 7.36. The number of carbonyl (C=O) groups is 1. The van der Waals surface area contributed by atoms with Gasteiger partial charge in [-0.05, 0) is 18.2 Å². The van der Waals surface area contributed by atoms with Gasteiger partial charge in [0.2, 0.25) is 0 Å². The van der Waals surface area contributed by atoms with Gasteiger partial charge in [-0.2, -0.15) is 13.9 Å². The molecule has 1 aliphatic rings. The summed E-state index contributed by atoms with van der Waals surface area (Å²) < 4.78 is 37.6. The maximum atomic E-state index is 13.4. The highest BCUT2D eigenvalue weighted by molar-refractivity contribution is 5.90. The SMILES string of the molecule is O=C(c1nnc(-c2ccn(C(F)F)n2)o1)N1CCc2[nH]cnc2[C@H]1c1cc2ccccc2o1. The molecule has 1 aromatic carbocycles. The Morgan fingerprint density at radius 3 is 2.88 bits per heavy atom. The fraction of sp³-hybridized carbons (Fsp3) is 0.190. The molecular weight excluding hydrogens is 436 g/mol. The molecule has 0 spiro atoms. The van der Waals surface area contributed by atoms with E-state index in [4.69, 9.17) is 8.83 Å². The van der Waals surface area contributed by atoms with Crippen molar-refractivity contribution >= 4 is 16.9 Å². The Hall–Kier alpha value is -4.35. The number of para-hydroxylation sites is 1. The summed E-state index contributed by atoms with van der Waals surface area (Å²) in [6.45, 7) is -2.45. The zero-order valence-corrected chi connectivity index (χ0v) is 16.9. The number of alkyl halides is 2. The Balaban J connectivity index is 1.36. The number of hydrogen-bond donors (Lipinski definition) is 1. The Bertz CT molecular complexity index is 1430. The first-order valence-electron chi connectivity index (χ1n) is 10.1. The van der Waals surface area contributed by atoms with Gasteiger partial charge in [-0.3, -0.25) is 4.79 Å². The van der Waals surface area contributed by atoms with Gasteiger partial charge < -0.3 is 18.7 Å². The molecule has 0 bridgehead atoms. The van der Waals surface area contributed by atoms with E-state index in [1.165, 1.54) is 6.07 Å². The van der Waals surface area contributed by atoms with Crippen LogP contribution in [0.2, 0.25) is 0 Å². The van der Waals surface area contributed by atoms with Crippen LogP contribution in [0, 0.1) is 0 Å². The number of imidazole rings is 1. The maximum absolute atomic E-state index is 13.4. The first kappa shape index (κ1) is 19.3. The third-order valence-electron chi connectivity index (χ3n) is 5.54. The van der Waals surface area contributed by atoms with Gasteiger partial charge in [0.05, 0.1) is 12.0 Å². The predicted molar refractivity (Wildman–Crippen MR) is 108 cm³/mol. The number of halogens is 2. The van der Waals surface area contributed by atoms with Crippen LogP contribution < -0.4 is 0 Å². The van der Waals surface area contributed by atoms with E-state index in [1.807, 2.05) is 30.3 Å². The smallest absolute Gasteiger partial charge is 0.333 e. The molecule has 33 heavy (non-hydrogen) atoms. The van der Waals surface area contributed by atoms with Crippen LogP contribution in [0.3, 0.4) is 0 Å². The lowest BCUT2D eigenvalue weighted by atomic mass is 10.00. The van der Waals surface area contributed by atoms with Crippen LogP contribution >= 0.6 is 0 Å². The van der Waals surface area contributed by atoms with Crippen LogP contribution in [0.25, 0.3) is 22.6 Å². The van der Waals surface area contributed by atoms with Crippen LogP contribution in [0.5, 0.6) is 0 Å². The van der Waals surface area contributed by atoms with Crippen molar-refractivity contribution in [2.75, 3.05) is 6.54 Å². The molecule has 5 aromatic rings. The van der Waals surface area contributed by atoms with E-state index in [0.717, 1.165) is 17.3 Å². The molecule has 0 saturated carbocycles. The summed E-state index contributed by atoms with van der Waals surface area (Å²) in [4.78, 5) is 22.5. The van der Waals surface area contributed by atoms with E-state index < -0.39 is 18.5 Å². The minimum atomic E-state index is -2.80. The minimum Gasteiger partial charge on any atom is -0.458 e. The van der Waals surface area contributed by atoms with E-state index >= 15 is 0 Å². The lowest BCUT2D eigenvalue weighted by molar-refractivity contribution is 0.0566. The molecule has 1 aliphatic heterocycles. The average molecular weight is 451 g/mol. The van der Waals surface area contributed by atoms with Gasteiger partial charge in [-0.1, -0.05) is 18.2 Å². The van der Waals surface area contributed by atoms with Crippen molar-refractivity contribution in [2.24, 2.45) is 0 Å². The molecule has 5 heterocycles. The van der Waals surface area contributed by atoms with E-state index in [2.05, 4.69) is 25.3 Å². The molecule has 0 unspecified atom stereocenters. The summed E-state index contributed by atoms with van der Waals surface area (Å²) in [5.74, 6) is -0.388. The van der Waals surface area contributed by atoms with E-state index in [1.54, 1.807) is 11.2 Å². The number of fused-ring (bicyclic) bond motifs is 2. The molecule has 0 radical (unpaired) electrons. The zero-order chi connectivity index (χ0) is 22.5. The number of carbonyl (C=O) groups excluding carboxylic acids is 1. The molecule has 1 amide bonds. The third-order valence-corrected chi connectivity index (χ3v) is 5.54. The maximum Gasteiger partial charge on any atom is 0.333 e. The van der Waals surface area contributed by atoms with E-state index in [-0.39, 0.29) is 17.5 Å². The molecule has 1 atom stereocenters. The fourth-order valence-corrected chi connectivity index (χ4v) is 4.02. The van der Waals surface area contributed by atoms with Gasteiger partial charge in [0.25, 0.3) is 5.89 Å². The Morgan fingerprint density at radius 1 is 1.18 bits per heavy atom. The van der Waals surface area contributed by atoms with Gasteiger partial charge in [0.15, 0.2) is 0 Å². The summed E-state index contributed by atoms with van der Waals surface area (Å²) in [5, 5.41) is 12.2. The van der Waals surface area contributed by atoms with Crippen molar-refractivity contribution in [3.05, 3.63) is 72.0 Å². The van der Waals surface area contributed by atoms with Crippen LogP contribution in [0.4, 0.5) is 8.78 Å². The molecule has 12 heteroatoms. The molecule has 166 valence electrons. The van der Waals surface area contributed by atoms with Gasteiger partial charge in [-0.15, -0.1) is 10.2 Å². The number of nitrogens with zero attached hydrogens (tertiary/aromatic N) is 6. The number of rotatable bonds is 4. The predicted octanol–water partition coefficient (Wildman–Crippen LogP) is 3.59. The van der Waals surface area contributed by atoms with E-state index in [9.17, 15) is 13.6 Å². The van der Waals surface area contributed by atoms with Crippen molar-refractivity contribution in [3.63, 3.8) is 0 Å². The third kappa shape index (κ3) is 3.18. The Labute approximate surface area is 183 Å². The van der Waals surface area contributed by atoms with Crippen molar-refractivity contribution in [1.29, 1.82) is 0 Å². The number of H-pyrrole nitrogens is 1. The van der Waals surface area contributed by atoms with Crippen molar-refractivity contribution in [2.45, 2.75) is 19.0 Å². The highest BCUT2D eigenvalue weighted by Gasteiger charge is 2.38. The molecule has 0 aliphatic carbocycles. The second-order valence-electron chi connectivity index (χ2n) is 7.48. The van der Waals surface area contributed by atoms with Gasteiger partial charge in [-0.25, -0.2) is 9.67 Å². The summed E-state index contributed by atoms with van der Waals surface area (Å²) in [6, 6.07) is 10.1. The quantitative estimate of drug-likeness (QED) is 0.444. The monoisotopic (exact) mass is 451 g/mol. The minimum absolute atomic E-state index is 0.0453. The van der Waals surface area contributed by atoms with E-state index in [0.29, 0.717) is 34.7 Å². The first-order valence-corrected chi connectivity index (χ1v) is 10.1. The Kier molecular flexibility index (Phi) is 4.31. The average Bonchev–Trinajstić information content (AvgIpc) is 3.61. The van der Waals surface area contributed by atoms with Gasteiger partial charge in [0.1, 0.15) is 23.1 Å². The number of aromatic nitrogens is 6. The normalized spacial score (nSPS) is 16.0. The van der Waals surface area contributed by atoms with Crippen LogP contribution in [0.1, 0.15) is 40.4 Å². The lowest BCUT2D eigenvalue weighted by Crippen LogP contribution is -2.40. The molecule has 10 nitrogen and oxygen atoms in total. The fourth-order valence-electron chi connectivity index (χ4n) is 4.02. The molecule has 0 fully saturated rings. The second-order valence-corrected chi connectivity index (χ2v) is 7.48. The number of nitrogens with one attached hydrogen (secondary N) is 1. The van der Waals surface area contributed by atoms with Crippen LogP contribution in [-0.2, 0) is 6.42 Å². The molecule has 4 aromatic heterocycles. The largest absolute Gasteiger partial charge is 0.458 e. The first-order chi connectivity index (χ1) is 16.1. The number of benzene rings is 1. The zero-order valence-electron chi connectivity index (χ0n) is 16.9. The summed E-state index contributed by atoms with van der Waals surface area (Å²) >= 11 is 0. The van der Waals surface area contributed by atoms with Crippen molar-refractivity contribution in [3.8, 4) is 11.6 Å². The van der Waals surface area contributed by atoms with Crippen LogP contribution in [0.15, 0.2) is 57.8 Å². The molecule has 1 N–H and O–H groups in total. The lowest BCUT2D eigenvalue weighted by Gasteiger charge is -2.32. The molecular formula is C21H15F2N7O3. The molecule has 6 rings (SSSR count). The standard InChI is InChI=1S/C21H15F2N7O3/c22-21(23)30-8-6-13(28-30)18-26-27-19(33-18)20(31)29-7-5-12-16(25-10-24-12)17(29)15-9-11-3-1-2-4-14(11)32-15/h1-4,6,8-10,17,21H,5,7H2,(H,24,25)/t17-/m1/s1. The number of furan rings is 1. The highest BCUT2D eigenvalue weighted by atomic mass is 19.3. The van der Waals surface area contributed by atoms with Gasteiger partial charge in [0, 0.05) is 30.2 Å². The summed E-state index contributed by atoms with van der Waals surface area (Å²) in [5.41, 5.74) is 2.32. The molecule has 0 saturated heterocycles. The van der Waals surface area contributed by atoms with Crippen molar-refractivity contribution < 1.29 is 22.4 Å². The topological polar surface area (TPSA) is 119 Å². The number of hydrogen-bond acceptors (Lipinski definition) is 7. The number of aromatic amines is 1. The van der Waals surface area contributed by atoms with Crippen LogP contribution in [-0.4, -0.2) is 47.3 Å². The summed E-state index contributed by atoms with van der Waals surface area (Å²) in [7, 11) is 0. The highest BCUT2D eigenvalue weighted by Crippen LogP contribution is 2.37. The van der Waals surface area contributed by atoms with Gasteiger partial charge >= 0.3 is 18.3 Å². The number of amides is 1.